The van der Waals surface area contributed by atoms with Gasteiger partial charge in [0.1, 0.15) is 23.2 Å². The van der Waals surface area contributed by atoms with Crippen LogP contribution in [-0.4, -0.2) is 79.9 Å². The molecule has 4 rings (SSSR count). The Morgan fingerprint density at radius 3 is 2.72 bits per heavy atom. The number of nitrogens with two attached hydrogens (primary N) is 2. The van der Waals surface area contributed by atoms with E-state index >= 15 is 0 Å². The molecule has 1 aromatic heterocycles. The van der Waals surface area contributed by atoms with Gasteiger partial charge in [-0.2, -0.15) is 8.42 Å². The van der Waals surface area contributed by atoms with Gasteiger partial charge in [-0.05, 0) is 23.3 Å². The molecule has 1 saturated heterocycles. The van der Waals surface area contributed by atoms with Crippen LogP contribution < -0.4 is 22.1 Å². The van der Waals surface area contributed by atoms with Crippen LogP contribution in [0.15, 0.2) is 45.2 Å². The molecule has 1 fully saturated rings. The first-order chi connectivity index (χ1) is 18.3. The number of β-lactam (4-membered cyclic amide) rings is 1. The van der Waals surface area contributed by atoms with Gasteiger partial charge in [-0.1, -0.05) is 23.9 Å². The average molecular weight is 600 g/mol. The van der Waals surface area contributed by atoms with Crippen LogP contribution in [0.25, 0.3) is 0 Å². The molecule has 3 atom stereocenters. The number of urea groups is 1. The van der Waals surface area contributed by atoms with Gasteiger partial charge in [0, 0.05) is 17.2 Å². The van der Waals surface area contributed by atoms with Crippen LogP contribution >= 0.6 is 23.5 Å². The predicted molar refractivity (Wildman–Crippen MR) is 137 cm³/mol. The number of fused-ring (bicyclic) bond motifs is 1. The van der Waals surface area contributed by atoms with Gasteiger partial charge >= 0.3 is 12.0 Å². The van der Waals surface area contributed by atoms with E-state index < -0.39 is 57.1 Å². The molecule has 0 aliphatic carbocycles. The molecule has 4 amide bonds. The molecule has 16 nitrogen and oxygen atoms in total. The number of carboxylic acid groups (broad SMARTS) is 1. The number of hydrogen-bond donors (Lipinski definition) is 6. The molecule has 2 aromatic rings. The Morgan fingerprint density at radius 1 is 1.31 bits per heavy atom. The van der Waals surface area contributed by atoms with E-state index in [1.807, 2.05) is 0 Å². The second-order valence-electron chi connectivity index (χ2n) is 8.22. The minimum Gasteiger partial charge on any atom is -0.477 e. The first kappa shape index (κ1) is 28.4. The summed E-state index contributed by atoms with van der Waals surface area (Å²) >= 11 is 2.17. The number of thioether (sulfide) groups is 2. The number of primary amides is 1. The number of carbonyl (C=O) groups is 4. The summed E-state index contributed by atoms with van der Waals surface area (Å²) in [5.41, 5.74) is 12.0. The van der Waals surface area contributed by atoms with E-state index in [1.54, 1.807) is 18.2 Å². The van der Waals surface area contributed by atoms with Gasteiger partial charge in [-0.3, -0.25) is 19.0 Å². The van der Waals surface area contributed by atoms with Crippen LogP contribution in [-0.2, 0) is 30.3 Å². The number of carbonyl (C=O) groups excluding carboxylic acids is 3. The Bertz CT molecular complexity index is 1480. The van der Waals surface area contributed by atoms with Crippen molar-refractivity contribution < 1.29 is 41.7 Å². The monoisotopic (exact) mass is 599 g/mol. The third kappa shape index (κ3) is 6.50. The highest BCUT2D eigenvalue weighted by atomic mass is 32.2. The molecule has 0 spiro atoms. The minimum absolute atomic E-state index is 0.0379. The van der Waals surface area contributed by atoms with Crippen LogP contribution in [0.1, 0.15) is 17.5 Å². The number of hydrogen-bond acceptors (Lipinski definition) is 12. The van der Waals surface area contributed by atoms with E-state index in [1.165, 1.54) is 17.8 Å². The highest BCUT2D eigenvalue weighted by molar-refractivity contribution is 8.01. The van der Waals surface area contributed by atoms with Gasteiger partial charge in [0.15, 0.2) is 5.75 Å². The molecule has 39 heavy (non-hydrogen) atoms. The summed E-state index contributed by atoms with van der Waals surface area (Å²) in [6.45, 7) is 0. The van der Waals surface area contributed by atoms with E-state index in [0.29, 0.717) is 16.8 Å². The first-order valence-electron chi connectivity index (χ1n) is 10.9. The molecule has 2 aliphatic rings. The van der Waals surface area contributed by atoms with Crippen molar-refractivity contribution in [3.05, 3.63) is 47.0 Å². The molecular weight excluding hydrogens is 578 g/mol. The summed E-state index contributed by atoms with van der Waals surface area (Å²) in [5, 5.41) is 21.2. The van der Waals surface area contributed by atoms with Crippen molar-refractivity contribution in [1.29, 1.82) is 0 Å². The highest BCUT2D eigenvalue weighted by Gasteiger charge is 2.54. The molecule has 0 radical (unpaired) electrons. The lowest BCUT2D eigenvalue weighted by Crippen LogP contribution is -2.71. The van der Waals surface area contributed by atoms with Gasteiger partial charge in [-0.25, -0.2) is 9.59 Å². The number of nitrogens with zero attached hydrogens (tertiary/aromatic N) is 3. The molecule has 8 N–H and O–H groups in total. The van der Waals surface area contributed by atoms with Gasteiger partial charge < -0.3 is 31.6 Å². The molecule has 2 aliphatic heterocycles. The minimum atomic E-state index is -4.37. The van der Waals surface area contributed by atoms with Gasteiger partial charge in [-0.15, -0.1) is 22.0 Å². The molecule has 3 heterocycles. The lowest BCUT2D eigenvalue weighted by atomic mass is 10.0. The molecule has 0 bridgehead atoms. The maximum absolute atomic E-state index is 12.9. The second kappa shape index (κ2) is 11.2. The Hall–Kier alpha value is -3.65. The van der Waals surface area contributed by atoms with Gasteiger partial charge in [0.25, 0.3) is 21.2 Å². The van der Waals surface area contributed by atoms with Crippen LogP contribution in [0.5, 0.6) is 0 Å². The maximum Gasteiger partial charge on any atom is 0.352 e. The number of aromatic nitrogens is 2. The largest absolute Gasteiger partial charge is 0.477 e. The van der Waals surface area contributed by atoms with Crippen LogP contribution in [0.3, 0.4) is 0 Å². The van der Waals surface area contributed by atoms with Crippen molar-refractivity contribution in [2.24, 2.45) is 11.5 Å². The zero-order valence-corrected chi connectivity index (χ0v) is 22.1. The van der Waals surface area contributed by atoms with E-state index in [4.69, 9.17) is 20.4 Å². The van der Waals surface area contributed by atoms with Crippen LogP contribution in [0.2, 0.25) is 0 Å². The predicted octanol–water partition coefficient (Wildman–Crippen LogP) is -0.521. The topological polar surface area (TPSA) is 261 Å². The van der Waals surface area contributed by atoms with Gasteiger partial charge in [0.2, 0.25) is 11.8 Å². The number of carboxylic acids is 1. The molecular formula is C20H21N7O9S3. The quantitative estimate of drug-likeness (QED) is 0.114. The lowest BCUT2D eigenvalue weighted by Gasteiger charge is -2.49. The van der Waals surface area contributed by atoms with E-state index in [0.717, 1.165) is 16.7 Å². The Labute approximate surface area is 228 Å². The number of benzene rings is 1. The fraction of sp³-hybridized carbons (Fsp3) is 0.300. The second-order valence-corrected chi connectivity index (χ2v) is 11.7. The van der Waals surface area contributed by atoms with Crippen molar-refractivity contribution in [3.63, 3.8) is 0 Å². The Balaban J connectivity index is 1.42. The fourth-order valence-electron chi connectivity index (χ4n) is 3.80. The molecule has 19 heteroatoms. The summed E-state index contributed by atoms with van der Waals surface area (Å²) in [7, 11) is -4.37. The molecule has 1 aromatic carbocycles. The van der Waals surface area contributed by atoms with Crippen molar-refractivity contribution in [2.75, 3.05) is 16.8 Å². The molecule has 2 unspecified atom stereocenters. The standard InChI is InChI=1S/C20H21N7O9S3/c21-12(8-2-1-3-10(4-8)23-19(22)32)15(28)24-13-16(29)27-14(18(30)31)9(5-37-17(13)27)6-38-20-26-25-11(36-20)7-39(33,34)35/h1-4,12-13,17H,5-7,21H2,(H,24,28)(H,30,31)(H3,22,23,32)(H,33,34,35)/t12?,13?,17-/m0/s1. The molecule has 0 saturated carbocycles. The first-order valence-corrected chi connectivity index (χ1v) is 14.5. The zero-order chi connectivity index (χ0) is 28.5. The molecule has 208 valence electrons. The third-order valence-corrected chi connectivity index (χ3v) is 8.32. The van der Waals surface area contributed by atoms with E-state index in [9.17, 15) is 32.7 Å². The highest BCUT2D eigenvalue weighted by Crippen LogP contribution is 2.41. The van der Waals surface area contributed by atoms with Crippen LogP contribution in [0.4, 0.5) is 10.5 Å². The average Bonchev–Trinajstić information content (AvgIpc) is 3.29. The van der Waals surface area contributed by atoms with Crippen molar-refractivity contribution in [1.82, 2.24) is 20.4 Å². The van der Waals surface area contributed by atoms with Gasteiger partial charge in [0.05, 0.1) is 0 Å². The number of nitrogens with one attached hydrogen (secondary N) is 2. The smallest absolute Gasteiger partial charge is 0.352 e. The summed E-state index contributed by atoms with van der Waals surface area (Å²) in [4.78, 5) is 49.9. The third-order valence-electron chi connectivity index (χ3n) is 5.47. The number of aliphatic carboxylic acids is 1. The number of rotatable bonds is 10. The maximum atomic E-state index is 12.9. The zero-order valence-electron chi connectivity index (χ0n) is 19.6. The number of amides is 4. The summed E-state index contributed by atoms with van der Waals surface area (Å²) < 4.78 is 35.9. The van der Waals surface area contributed by atoms with Crippen molar-refractivity contribution in [2.45, 2.75) is 28.4 Å². The summed E-state index contributed by atoms with van der Waals surface area (Å²) in [6.07, 6.45) is 0. The Morgan fingerprint density at radius 2 is 2.05 bits per heavy atom. The van der Waals surface area contributed by atoms with E-state index in [-0.39, 0.29) is 28.3 Å². The Kier molecular flexibility index (Phi) is 8.16. The van der Waals surface area contributed by atoms with Crippen molar-refractivity contribution >= 4 is 63.1 Å². The fourth-order valence-corrected chi connectivity index (χ4v) is 6.49. The normalized spacial score (nSPS) is 19.6. The van der Waals surface area contributed by atoms with E-state index in [2.05, 4.69) is 20.8 Å². The summed E-state index contributed by atoms with van der Waals surface area (Å²) in [6, 6.07) is 3.15. The van der Waals surface area contributed by atoms with Crippen LogP contribution in [0, 0.1) is 0 Å². The number of anilines is 1. The summed E-state index contributed by atoms with van der Waals surface area (Å²) in [5.74, 6) is -3.62. The lowest BCUT2D eigenvalue weighted by molar-refractivity contribution is -0.150. The SMILES string of the molecule is NC(=O)Nc1cccc(C(N)C(=O)NC2C(=O)N3C(C(=O)O)=C(CSc4nnc(CS(=O)(=O)O)o4)CS[C@@H]23)c1. The van der Waals surface area contributed by atoms with Crippen molar-refractivity contribution in [3.8, 4) is 0 Å².